The lowest BCUT2D eigenvalue weighted by Crippen LogP contribution is -2.39. The second-order valence-electron chi connectivity index (χ2n) is 7.31. The topological polar surface area (TPSA) is 55.4 Å². The summed E-state index contributed by atoms with van der Waals surface area (Å²) in [6, 6.07) is 5.61. The van der Waals surface area contributed by atoms with Crippen molar-refractivity contribution >= 4 is 10.0 Å². The van der Waals surface area contributed by atoms with Crippen molar-refractivity contribution in [3.63, 3.8) is 0 Å². The summed E-state index contributed by atoms with van der Waals surface area (Å²) in [6.45, 7) is 7.16. The molecule has 1 aliphatic rings. The zero-order valence-corrected chi connectivity index (χ0v) is 14.8. The van der Waals surface area contributed by atoms with Gasteiger partial charge in [-0.3, -0.25) is 0 Å². The normalized spacial score (nSPS) is 18.8. The van der Waals surface area contributed by atoms with Gasteiger partial charge in [0, 0.05) is 13.2 Å². The lowest BCUT2D eigenvalue weighted by Gasteiger charge is -2.32. The highest BCUT2D eigenvalue weighted by Gasteiger charge is 2.31. The SMILES string of the molecule is CC(C)(C)[C@@H](NS(=O)(=O)CC1CCOCC1)c1ccc(F)cc1. The quantitative estimate of drug-likeness (QED) is 0.893. The van der Waals surface area contributed by atoms with E-state index < -0.39 is 16.1 Å². The first-order valence-electron chi connectivity index (χ1n) is 8.00. The number of ether oxygens (including phenoxy) is 1. The molecular weight excluding hydrogens is 317 g/mol. The lowest BCUT2D eigenvalue weighted by molar-refractivity contribution is 0.0722. The second kappa shape index (κ2) is 7.28. The largest absolute Gasteiger partial charge is 0.381 e. The Bertz CT molecular complexity index is 602. The Kier molecular flexibility index (Phi) is 5.81. The van der Waals surface area contributed by atoms with Crippen LogP contribution in [0.25, 0.3) is 0 Å². The summed E-state index contributed by atoms with van der Waals surface area (Å²) >= 11 is 0. The third-order valence-corrected chi connectivity index (χ3v) is 5.67. The number of rotatable bonds is 5. The summed E-state index contributed by atoms with van der Waals surface area (Å²) < 4.78 is 46.4. The van der Waals surface area contributed by atoms with E-state index in [4.69, 9.17) is 4.74 Å². The van der Waals surface area contributed by atoms with Gasteiger partial charge in [0.25, 0.3) is 0 Å². The molecule has 2 rings (SSSR count). The van der Waals surface area contributed by atoms with E-state index in [9.17, 15) is 12.8 Å². The Morgan fingerprint density at radius 1 is 1.22 bits per heavy atom. The fraction of sp³-hybridized carbons (Fsp3) is 0.647. The maximum Gasteiger partial charge on any atom is 0.212 e. The van der Waals surface area contributed by atoms with Crippen LogP contribution < -0.4 is 4.72 Å². The van der Waals surface area contributed by atoms with E-state index in [1.54, 1.807) is 12.1 Å². The first kappa shape index (κ1) is 18.4. The first-order valence-corrected chi connectivity index (χ1v) is 9.66. The van der Waals surface area contributed by atoms with Crippen LogP contribution in [0, 0.1) is 17.2 Å². The molecule has 0 saturated carbocycles. The first-order chi connectivity index (χ1) is 10.7. The molecule has 1 aliphatic heterocycles. The fourth-order valence-electron chi connectivity index (χ4n) is 2.85. The number of halogens is 1. The smallest absolute Gasteiger partial charge is 0.212 e. The molecule has 1 saturated heterocycles. The van der Waals surface area contributed by atoms with Crippen LogP contribution in [0.15, 0.2) is 24.3 Å². The summed E-state index contributed by atoms with van der Waals surface area (Å²) in [4.78, 5) is 0. The van der Waals surface area contributed by atoms with Crippen LogP contribution in [0.2, 0.25) is 0 Å². The average molecular weight is 343 g/mol. The van der Waals surface area contributed by atoms with Crippen LogP contribution in [0.1, 0.15) is 45.2 Å². The van der Waals surface area contributed by atoms with Crippen LogP contribution >= 0.6 is 0 Å². The van der Waals surface area contributed by atoms with Crippen LogP contribution in [-0.2, 0) is 14.8 Å². The Hall–Kier alpha value is -0.980. The molecule has 1 atom stereocenters. The number of hydrogen-bond donors (Lipinski definition) is 1. The van der Waals surface area contributed by atoms with Gasteiger partial charge >= 0.3 is 0 Å². The van der Waals surface area contributed by atoms with Gasteiger partial charge in [-0.1, -0.05) is 32.9 Å². The average Bonchev–Trinajstić information content (AvgIpc) is 2.45. The highest BCUT2D eigenvalue weighted by atomic mass is 32.2. The standard InChI is InChI=1S/C17H26FNO3S/c1-17(2,3)16(14-4-6-15(18)7-5-14)19-23(20,21)12-13-8-10-22-11-9-13/h4-7,13,16,19H,8-12H2,1-3H3/t16-/m0/s1. The summed E-state index contributed by atoms with van der Waals surface area (Å²) in [5.41, 5.74) is 0.454. The molecular formula is C17H26FNO3S. The molecule has 6 heteroatoms. The molecule has 0 aromatic heterocycles. The second-order valence-corrected chi connectivity index (χ2v) is 9.10. The van der Waals surface area contributed by atoms with E-state index in [0.717, 1.165) is 18.4 Å². The monoisotopic (exact) mass is 343 g/mol. The van der Waals surface area contributed by atoms with Gasteiger partial charge < -0.3 is 4.74 Å². The predicted octanol–water partition coefficient (Wildman–Crippen LogP) is 3.26. The molecule has 0 spiro atoms. The van der Waals surface area contributed by atoms with Gasteiger partial charge in [-0.2, -0.15) is 0 Å². The molecule has 0 radical (unpaired) electrons. The molecule has 0 unspecified atom stereocenters. The zero-order valence-electron chi connectivity index (χ0n) is 14.0. The van der Waals surface area contributed by atoms with Gasteiger partial charge in [0.05, 0.1) is 11.8 Å². The Morgan fingerprint density at radius 3 is 2.30 bits per heavy atom. The minimum absolute atomic E-state index is 0.115. The van der Waals surface area contributed by atoms with Crippen molar-refractivity contribution in [3.8, 4) is 0 Å². The zero-order chi connectivity index (χ0) is 17.1. The van der Waals surface area contributed by atoms with Crippen LogP contribution in [0.3, 0.4) is 0 Å². The molecule has 23 heavy (non-hydrogen) atoms. The molecule has 1 fully saturated rings. The number of nitrogens with one attached hydrogen (secondary N) is 1. The van der Waals surface area contributed by atoms with Crippen LogP contribution in [0.5, 0.6) is 0 Å². The number of benzene rings is 1. The van der Waals surface area contributed by atoms with Gasteiger partial charge in [0.2, 0.25) is 10.0 Å². The van der Waals surface area contributed by atoms with Gasteiger partial charge in [-0.25, -0.2) is 17.5 Å². The Labute approximate surface area is 138 Å². The van der Waals surface area contributed by atoms with Crippen LogP contribution in [0.4, 0.5) is 4.39 Å². The number of hydrogen-bond acceptors (Lipinski definition) is 3. The molecule has 130 valence electrons. The molecule has 1 aromatic carbocycles. The maximum atomic E-state index is 13.1. The third kappa shape index (κ3) is 5.55. The van der Waals surface area contributed by atoms with E-state index in [0.29, 0.717) is 13.2 Å². The van der Waals surface area contributed by atoms with E-state index in [-0.39, 0.29) is 22.9 Å². The molecule has 0 amide bonds. The summed E-state index contributed by atoms with van der Waals surface area (Å²) in [5, 5.41) is 0. The van der Waals surface area contributed by atoms with Gasteiger partial charge in [-0.05, 0) is 41.9 Å². The van der Waals surface area contributed by atoms with Crippen molar-refractivity contribution in [2.75, 3.05) is 19.0 Å². The van der Waals surface area contributed by atoms with Gasteiger partial charge in [0.1, 0.15) is 5.82 Å². The van der Waals surface area contributed by atoms with Crippen molar-refractivity contribution in [3.05, 3.63) is 35.6 Å². The van der Waals surface area contributed by atoms with Crippen molar-refractivity contribution in [2.24, 2.45) is 11.3 Å². The molecule has 1 aromatic rings. The van der Waals surface area contributed by atoms with E-state index in [1.165, 1.54) is 12.1 Å². The van der Waals surface area contributed by atoms with E-state index >= 15 is 0 Å². The molecule has 0 aliphatic carbocycles. The Balaban J connectivity index is 2.15. The highest BCUT2D eigenvalue weighted by molar-refractivity contribution is 7.89. The van der Waals surface area contributed by atoms with Crippen molar-refractivity contribution in [1.82, 2.24) is 4.72 Å². The Morgan fingerprint density at radius 2 is 1.78 bits per heavy atom. The summed E-state index contributed by atoms with van der Waals surface area (Å²) in [7, 11) is -3.42. The number of sulfonamides is 1. The van der Waals surface area contributed by atoms with Crippen molar-refractivity contribution < 1.29 is 17.5 Å². The minimum atomic E-state index is -3.42. The van der Waals surface area contributed by atoms with Crippen molar-refractivity contribution in [1.29, 1.82) is 0 Å². The minimum Gasteiger partial charge on any atom is -0.381 e. The predicted molar refractivity (Wildman–Crippen MR) is 89.1 cm³/mol. The van der Waals surface area contributed by atoms with E-state index in [1.807, 2.05) is 20.8 Å². The fourth-order valence-corrected chi connectivity index (χ4v) is 4.75. The molecule has 1 N–H and O–H groups in total. The third-order valence-electron chi connectivity index (χ3n) is 4.16. The summed E-state index contributed by atoms with van der Waals surface area (Å²) in [5.74, 6) is -0.0778. The van der Waals surface area contributed by atoms with Gasteiger partial charge in [0.15, 0.2) is 0 Å². The maximum absolute atomic E-state index is 13.1. The van der Waals surface area contributed by atoms with Crippen LogP contribution in [-0.4, -0.2) is 27.4 Å². The summed E-state index contributed by atoms with van der Waals surface area (Å²) in [6.07, 6.45) is 1.55. The molecule has 1 heterocycles. The van der Waals surface area contributed by atoms with E-state index in [2.05, 4.69) is 4.72 Å². The lowest BCUT2D eigenvalue weighted by atomic mass is 9.83. The highest BCUT2D eigenvalue weighted by Crippen LogP contribution is 2.33. The van der Waals surface area contributed by atoms with Gasteiger partial charge in [-0.15, -0.1) is 0 Å². The molecule has 4 nitrogen and oxygen atoms in total. The van der Waals surface area contributed by atoms with Crippen molar-refractivity contribution in [2.45, 2.75) is 39.7 Å². The molecule has 0 bridgehead atoms.